The third-order valence-corrected chi connectivity index (χ3v) is 4.02. The number of hydrogen-bond donors (Lipinski definition) is 0. The monoisotopic (exact) mass is 262 g/mol. The van der Waals surface area contributed by atoms with Crippen LogP contribution in [0.25, 0.3) is 0 Å². The van der Waals surface area contributed by atoms with E-state index in [2.05, 4.69) is 0 Å². The number of hydrogen-bond acceptors (Lipinski definition) is 4. The summed E-state index contributed by atoms with van der Waals surface area (Å²) in [7, 11) is 2.68. The summed E-state index contributed by atoms with van der Waals surface area (Å²) in [6.45, 7) is 3.99. The van der Waals surface area contributed by atoms with E-state index in [1.165, 1.54) is 14.2 Å². The molecule has 0 bridgehead atoms. The fourth-order valence-electron chi connectivity index (χ4n) is 2.55. The largest absolute Gasteiger partial charge is 0.469 e. The molecule has 102 valence electrons. The molecule has 1 saturated carbocycles. The lowest BCUT2D eigenvalue weighted by Crippen LogP contribution is -2.27. The van der Waals surface area contributed by atoms with Crippen molar-refractivity contribution in [1.29, 1.82) is 0 Å². The van der Waals surface area contributed by atoms with Gasteiger partial charge in [-0.15, -0.1) is 0 Å². The van der Waals surface area contributed by atoms with Crippen molar-refractivity contribution in [1.82, 2.24) is 0 Å². The van der Waals surface area contributed by atoms with Gasteiger partial charge in [0.2, 0.25) is 0 Å². The lowest BCUT2D eigenvalue weighted by Gasteiger charge is -2.16. The molecule has 2 atom stereocenters. The van der Waals surface area contributed by atoms with Gasteiger partial charge >= 0.3 is 11.9 Å². The molecule has 2 unspecified atom stereocenters. The predicted molar refractivity (Wildman–Crippen MR) is 69.7 cm³/mol. The molecule has 19 heavy (non-hydrogen) atoms. The highest BCUT2D eigenvalue weighted by molar-refractivity contribution is 5.96. The van der Waals surface area contributed by atoms with Crippen molar-refractivity contribution in [2.75, 3.05) is 14.2 Å². The molecule has 0 amide bonds. The van der Waals surface area contributed by atoms with Crippen LogP contribution in [0.1, 0.15) is 23.1 Å². The zero-order chi connectivity index (χ0) is 14.2. The van der Waals surface area contributed by atoms with E-state index in [-0.39, 0.29) is 11.9 Å². The first kappa shape index (κ1) is 13.6. The summed E-state index contributed by atoms with van der Waals surface area (Å²) in [6.07, 6.45) is 0.453. The highest BCUT2D eigenvalue weighted by Crippen LogP contribution is 2.55. The average molecular weight is 262 g/mol. The van der Waals surface area contributed by atoms with Crippen LogP contribution in [0.2, 0.25) is 0 Å². The Labute approximate surface area is 112 Å². The Balaban J connectivity index is 2.43. The molecule has 0 aliphatic heterocycles. The van der Waals surface area contributed by atoms with Crippen LogP contribution in [0.5, 0.6) is 0 Å². The zero-order valence-electron chi connectivity index (χ0n) is 11.6. The van der Waals surface area contributed by atoms with Gasteiger partial charge in [0.1, 0.15) is 5.41 Å². The molecular formula is C15H18O4. The summed E-state index contributed by atoms with van der Waals surface area (Å²) < 4.78 is 9.63. The maximum atomic E-state index is 12.1. The molecule has 0 spiro atoms. The van der Waals surface area contributed by atoms with Gasteiger partial charge in [-0.2, -0.15) is 0 Å². The molecule has 0 radical (unpaired) electrons. The van der Waals surface area contributed by atoms with Gasteiger partial charge < -0.3 is 9.47 Å². The Bertz CT molecular complexity index is 535. The third kappa shape index (κ3) is 2.01. The summed E-state index contributed by atoms with van der Waals surface area (Å²) in [4.78, 5) is 23.8. The first-order chi connectivity index (χ1) is 8.97. The second-order valence-corrected chi connectivity index (χ2v) is 5.04. The first-order valence-corrected chi connectivity index (χ1v) is 6.21. The van der Waals surface area contributed by atoms with Crippen LogP contribution >= 0.6 is 0 Å². The number of aryl methyl sites for hydroxylation is 2. The maximum absolute atomic E-state index is 12.1. The molecule has 1 aliphatic rings. The van der Waals surface area contributed by atoms with E-state index in [4.69, 9.17) is 9.47 Å². The lowest BCUT2D eigenvalue weighted by molar-refractivity contribution is -0.149. The fraction of sp³-hybridized carbons (Fsp3) is 0.467. The number of esters is 2. The van der Waals surface area contributed by atoms with Crippen molar-refractivity contribution in [2.45, 2.75) is 25.7 Å². The standard InChI is InChI=1S/C15H18O4/c1-9-5-6-11(7-10(9)2)15(14(17)19-4)8-12(15)13(16)18-3/h5-7,12H,8H2,1-4H3. The summed E-state index contributed by atoms with van der Waals surface area (Å²) in [5, 5.41) is 0. The molecule has 4 heteroatoms. The van der Waals surface area contributed by atoms with Crippen molar-refractivity contribution in [3.63, 3.8) is 0 Å². The van der Waals surface area contributed by atoms with Crippen molar-refractivity contribution in [3.8, 4) is 0 Å². The van der Waals surface area contributed by atoms with Crippen LogP contribution in [0, 0.1) is 19.8 Å². The minimum Gasteiger partial charge on any atom is -0.469 e. The van der Waals surface area contributed by atoms with Gasteiger partial charge in [0.25, 0.3) is 0 Å². The first-order valence-electron chi connectivity index (χ1n) is 6.21. The molecular weight excluding hydrogens is 244 g/mol. The Morgan fingerprint density at radius 2 is 1.84 bits per heavy atom. The van der Waals surface area contributed by atoms with E-state index in [1.807, 2.05) is 32.0 Å². The molecule has 1 fully saturated rings. The topological polar surface area (TPSA) is 52.6 Å². The minimum absolute atomic E-state index is 0.358. The minimum atomic E-state index is -0.861. The Morgan fingerprint density at radius 3 is 2.37 bits per heavy atom. The van der Waals surface area contributed by atoms with Crippen LogP contribution in [0.4, 0.5) is 0 Å². The molecule has 2 rings (SSSR count). The number of ether oxygens (including phenoxy) is 2. The van der Waals surface area contributed by atoms with Crippen molar-refractivity contribution in [2.24, 2.45) is 5.92 Å². The Morgan fingerprint density at radius 1 is 1.16 bits per heavy atom. The molecule has 0 N–H and O–H groups in total. The third-order valence-electron chi connectivity index (χ3n) is 4.02. The summed E-state index contributed by atoms with van der Waals surface area (Å²) >= 11 is 0. The summed E-state index contributed by atoms with van der Waals surface area (Å²) in [5.74, 6) is -1.16. The van der Waals surface area contributed by atoms with Crippen LogP contribution < -0.4 is 0 Å². The fourth-order valence-corrected chi connectivity index (χ4v) is 2.55. The van der Waals surface area contributed by atoms with E-state index in [0.717, 1.165) is 16.7 Å². The van der Waals surface area contributed by atoms with E-state index >= 15 is 0 Å². The second-order valence-electron chi connectivity index (χ2n) is 5.04. The zero-order valence-corrected chi connectivity index (χ0v) is 11.6. The maximum Gasteiger partial charge on any atom is 0.317 e. The van der Waals surface area contributed by atoms with Crippen LogP contribution in [-0.2, 0) is 24.5 Å². The van der Waals surface area contributed by atoms with E-state index in [1.54, 1.807) is 0 Å². The summed E-state index contributed by atoms with van der Waals surface area (Å²) in [5.41, 5.74) is 2.22. The van der Waals surface area contributed by atoms with Gasteiger partial charge in [0.15, 0.2) is 0 Å². The van der Waals surface area contributed by atoms with Gasteiger partial charge in [0.05, 0.1) is 20.1 Å². The SMILES string of the molecule is COC(=O)C1CC1(C(=O)OC)c1ccc(C)c(C)c1. The van der Waals surface area contributed by atoms with Gasteiger partial charge in [0, 0.05) is 0 Å². The molecule has 0 aromatic heterocycles. The summed E-state index contributed by atoms with van der Waals surface area (Å²) in [6, 6.07) is 5.80. The Kier molecular flexibility index (Phi) is 3.35. The predicted octanol–water partition coefficient (Wildman–Crippen LogP) is 1.91. The van der Waals surface area contributed by atoms with Crippen LogP contribution in [0.3, 0.4) is 0 Å². The van der Waals surface area contributed by atoms with E-state index < -0.39 is 11.3 Å². The molecule has 4 nitrogen and oxygen atoms in total. The van der Waals surface area contributed by atoms with Crippen LogP contribution in [-0.4, -0.2) is 26.2 Å². The van der Waals surface area contributed by atoms with Crippen LogP contribution in [0.15, 0.2) is 18.2 Å². The average Bonchev–Trinajstić information content (AvgIpc) is 3.16. The van der Waals surface area contributed by atoms with Crippen molar-refractivity contribution >= 4 is 11.9 Å². The highest BCUT2D eigenvalue weighted by Gasteiger charge is 2.66. The van der Waals surface area contributed by atoms with Crippen molar-refractivity contribution < 1.29 is 19.1 Å². The van der Waals surface area contributed by atoms with E-state index in [9.17, 15) is 9.59 Å². The lowest BCUT2D eigenvalue weighted by atomic mass is 9.90. The Hall–Kier alpha value is -1.84. The van der Waals surface area contributed by atoms with Gasteiger partial charge in [-0.1, -0.05) is 18.2 Å². The molecule has 0 saturated heterocycles. The molecule has 1 aromatic carbocycles. The quantitative estimate of drug-likeness (QED) is 0.781. The number of methoxy groups -OCH3 is 2. The number of carbonyl (C=O) groups is 2. The number of rotatable bonds is 3. The molecule has 0 heterocycles. The molecule has 1 aromatic rings. The number of benzene rings is 1. The van der Waals surface area contributed by atoms with Gasteiger partial charge in [-0.3, -0.25) is 9.59 Å². The van der Waals surface area contributed by atoms with E-state index in [0.29, 0.717) is 6.42 Å². The smallest absolute Gasteiger partial charge is 0.317 e. The molecule has 1 aliphatic carbocycles. The second kappa shape index (κ2) is 4.68. The highest BCUT2D eigenvalue weighted by atomic mass is 16.5. The van der Waals surface area contributed by atoms with Gasteiger partial charge in [-0.05, 0) is 37.0 Å². The van der Waals surface area contributed by atoms with Crippen molar-refractivity contribution in [3.05, 3.63) is 34.9 Å². The normalized spacial score (nSPS) is 24.7. The van der Waals surface area contributed by atoms with Gasteiger partial charge in [-0.25, -0.2) is 0 Å². The number of carbonyl (C=O) groups excluding carboxylic acids is 2.